The third kappa shape index (κ3) is 6.06. The molecule has 0 aliphatic carbocycles. The third-order valence-electron chi connectivity index (χ3n) is 5.75. The highest BCUT2D eigenvalue weighted by atomic mass is 16.7. The lowest BCUT2D eigenvalue weighted by molar-refractivity contribution is -0.223. The van der Waals surface area contributed by atoms with E-state index in [0.29, 0.717) is 32.7 Å². The summed E-state index contributed by atoms with van der Waals surface area (Å²) in [7, 11) is 0. The zero-order valence-corrected chi connectivity index (χ0v) is 20.3. The fraction of sp³-hybridized carbons (Fsp3) is 0.500. The van der Waals surface area contributed by atoms with Crippen molar-refractivity contribution in [2.45, 2.75) is 45.8 Å². The first-order chi connectivity index (χ1) is 17.2. The zero-order chi connectivity index (χ0) is 25.8. The number of hydrogen-bond donors (Lipinski definition) is 0. The quantitative estimate of drug-likeness (QED) is 0.401. The molecular weight excluding hydrogens is 476 g/mol. The van der Waals surface area contributed by atoms with E-state index in [9.17, 15) is 19.2 Å². The predicted octanol–water partition coefficient (Wildman–Crippen LogP) is 0.726. The predicted molar refractivity (Wildman–Crippen MR) is 120 cm³/mol. The Kier molecular flexibility index (Phi) is 7.63. The normalized spacial score (nSPS) is 23.2. The van der Waals surface area contributed by atoms with Gasteiger partial charge in [-0.15, -0.1) is 0 Å². The molecule has 36 heavy (non-hydrogen) atoms. The molecule has 0 radical (unpaired) electrons. The van der Waals surface area contributed by atoms with Crippen molar-refractivity contribution in [2.24, 2.45) is 0 Å². The molecule has 3 heterocycles. The molecule has 4 rings (SSSR count). The molecule has 0 bridgehead atoms. The Bertz CT molecular complexity index is 1060. The van der Waals surface area contributed by atoms with Crippen molar-refractivity contribution in [1.82, 2.24) is 9.80 Å². The van der Waals surface area contributed by atoms with Gasteiger partial charge < -0.3 is 33.3 Å². The van der Waals surface area contributed by atoms with Crippen LogP contribution in [0.3, 0.4) is 0 Å². The van der Waals surface area contributed by atoms with Gasteiger partial charge in [-0.3, -0.25) is 24.1 Å². The van der Waals surface area contributed by atoms with Gasteiger partial charge in [-0.1, -0.05) is 6.07 Å². The number of nitrogens with zero attached hydrogens (tertiary/aromatic N) is 2. The van der Waals surface area contributed by atoms with E-state index in [-0.39, 0.29) is 12.6 Å². The molecule has 3 aliphatic heterocycles. The monoisotopic (exact) mass is 504 g/mol. The number of ether oxygens (including phenoxy) is 6. The Balaban J connectivity index is 1.42. The van der Waals surface area contributed by atoms with Gasteiger partial charge in [0.25, 0.3) is 12.2 Å². The average molecular weight is 504 g/mol. The van der Waals surface area contributed by atoms with Gasteiger partial charge in [-0.25, -0.2) is 0 Å². The maximum atomic E-state index is 13.2. The van der Waals surface area contributed by atoms with Gasteiger partial charge in [0, 0.05) is 59.6 Å². The molecule has 1 fully saturated rings. The molecule has 0 N–H and O–H groups in total. The largest absolute Gasteiger partial charge is 0.454 e. The van der Waals surface area contributed by atoms with Crippen LogP contribution in [-0.2, 0) is 44.7 Å². The summed E-state index contributed by atoms with van der Waals surface area (Å²) in [5.74, 6) is -1.23. The van der Waals surface area contributed by atoms with Crippen LogP contribution in [-0.4, -0.2) is 85.1 Å². The van der Waals surface area contributed by atoms with Crippen molar-refractivity contribution >= 4 is 23.8 Å². The molecule has 1 amide bonds. The van der Waals surface area contributed by atoms with Gasteiger partial charge in [-0.2, -0.15) is 0 Å². The molecule has 12 nitrogen and oxygen atoms in total. The summed E-state index contributed by atoms with van der Waals surface area (Å²) in [5.41, 5.74) is 1.07. The first-order valence-electron chi connectivity index (χ1n) is 11.5. The number of hydrogen-bond acceptors (Lipinski definition) is 11. The van der Waals surface area contributed by atoms with Crippen LogP contribution >= 0.6 is 0 Å². The minimum absolute atomic E-state index is 0.153. The number of benzene rings is 1. The summed E-state index contributed by atoms with van der Waals surface area (Å²) in [6.07, 6.45) is -2.61. The number of esters is 3. The molecule has 3 aliphatic rings. The third-order valence-corrected chi connectivity index (χ3v) is 5.75. The summed E-state index contributed by atoms with van der Waals surface area (Å²) in [6, 6.07) is 5.81. The van der Waals surface area contributed by atoms with Crippen LogP contribution in [0.15, 0.2) is 30.0 Å². The van der Waals surface area contributed by atoms with Crippen molar-refractivity contribution in [3.63, 3.8) is 0 Å². The fourth-order valence-corrected chi connectivity index (χ4v) is 4.18. The lowest BCUT2D eigenvalue weighted by atomic mass is 10.1. The molecule has 0 spiro atoms. The lowest BCUT2D eigenvalue weighted by Gasteiger charge is -2.38. The van der Waals surface area contributed by atoms with Crippen molar-refractivity contribution < 1.29 is 47.6 Å². The Morgan fingerprint density at radius 2 is 1.56 bits per heavy atom. The molecule has 1 saturated heterocycles. The van der Waals surface area contributed by atoms with Crippen LogP contribution in [0.5, 0.6) is 11.5 Å². The SMILES string of the molecule is CC(=O)O[C@@H]1OC(C(=O)N2CCN(Cc3ccc4c(c3)OCO4)CC2)=C[C@H](OC(C)=O)[C@H]1OC(C)=O. The van der Waals surface area contributed by atoms with Crippen LogP contribution in [0.1, 0.15) is 26.3 Å². The minimum Gasteiger partial charge on any atom is -0.454 e. The molecule has 1 aromatic rings. The first kappa shape index (κ1) is 25.3. The Morgan fingerprint density at radius 3 is 2.22 bits per heavy atom. The van der Waals surface area contributed by atoms with Gasteiger partial charge in [-0.05, 0) is 17.7 Å². The van der Waals surface area contributed by atoms with E-state index in [2.05, 4.69) is 4.90 Å². The van der Waals surface area contributed by atoms with Crippen molar-refractivity contribution in [2.75, 3.05) is 33.0 Å². The van der Waals surface area contributed by atoms with E-state index >= 15 is 0 Å². The highest BCUT2D eigenvalue weighted by Gasteiger charge is 2.44. The maximum Gasteiger partial charge on any atom is 0.305 e. The number of carbonyl (C=O) groups is 4. The van der Waals surface area contributed by atoms with Gasteiger partial charge in [0.05, 0.1) is 0 Å². The number of fused-ring (bicyclic) bond motifs is 1. The van der Waals surface area contributed by atoms with Crippen molar-refractivity contribution in [1.29, 1.82) is 0 Å². The van der Waals surface area contributed by atoms with Crippen LogP contribution < -0.4 is 9.47 Å². The standard InChI is InChI=1S/C24H28N2O10/c1-14(27)33-20-11-21(36-24(35-16(3)29)22(20)34-15(2)28)23(30)26-8-6-25(7-9-26)12-17-4-5-18-19(10-17)32-13-31-18/h4-5,10-11,20,22,24H,6-9,12-13H2,1-3H3/t20-,22+,24+/m0/s1. The van der Waals surface area contributed by atoms with Crippen molar-refractivity contribution in [3.8, 4) is 11.5 Å². The summed E-state index contributed by atoms with van der Waals surface area (Å²) < 4.78 is 32.0. The zero-order valence-electron chi connectivity index (χ0n) is 20.3. The molecule has 0 aromatic heterocycles. The van der Waals surface area contributed by atoms with E-state index in [1.165, 1.54) is 13.0 Å². The highest BCUT2D eigenvalue weighted by molar-refractivity contribution is 5.92. The summed E-state index contributed by atoms with van der Waals surface area (Å²) >= 11 is 0. The molecule has 1 aromatic carbocycles. The Labute approximate surface area is 207 Å². The number of carbonyl (C=O) groups excluding carboxylic acids is 4. The molecule has 0 saturated carbocycles. The summed E-state index contributed by atoms with van der Waals surface area (Å²) in [5, 5.41) is 0. The average Bonchev–Trinajstić information content (AvgIpc) is 3.28. The van der Waals surface area contributed by atoms with E-state index in [0.717, 1.165) is 30.9 Å². The van der Waals surface area contributed by atoms with Crippen molar-refractivity contribution in [3.05, 3.63) is 35.6 Å². The van der Waals surface area contributed by atoms with E-state index < -0.39 is 42.3 Å². The molecule has 0 unspecified atom stereocenters. The van der Waals surface area contributed by atoms with Crippen LogP contribution in [0.25, 0.3) is 0 Å². The summed E-state index contributed by atoms with van der Waals surface area (Å²) in [4.78, 5) is 51.9. The summed E-state index contributed by atoms with van der Waals surface area (Å²) in [6.45, 7) is 6.46. The van der Waals surface area contributed by atoms with E-state index in [4.69, 9.17) is 28.4 Å². The van der Waals surface area contributed by atoms with Crippen LogP contribution in [0.2, 0.25) is 0 Å². The number of piperazine rings is 1. The number of rotatable bonds is 6. The second-order valence-corrected chi connectivity index (χ2v) is 8.53. The highest BCUT2D eigenvalue weighted by Crippen LogP contribution is 2.33. The van der Waals surface area contributed by atoms with Gasteiger partial charge in [0.1, 0.15) is 0 Å². The molecule has 194 valence electrons. The Hall–Kier alpha value is -3.80. The molecule has 12 heteroatoms. The lowest BCUT2D eigenvalue weighted by Crippen LogP contribution is -2.52. The van der Waals surface area contributed by atoms with E-state index in [1.807, 2.05) is 18.2 Å². The number of amides is 1. The van der Waals surface area contributed by atoms with Crippen LogP contribution in [0, 0.1) is 0 Å². The fourth-order valence-electron chi connectivity index (χ4n) is 4.18. The Morgan fingerprint density at radius 1 is 0.889 bits per heavy atom. The second kappa shape index (κ2) is 10.9. The first-order valence-corrected chi connectivity index (χ1v) is 11.5. The van der Waals surface area contributed by atoms with Crippen LogP contribution in [0.4, 0.5) is 0 Å². The molecular formula is C24H28N2O10. The second-order valence-electron chi connectivity index (χ2n) is 8.53. The van der Waals surface area contributed by atoms with Gasteiger partial charge in [0.2, 0.25) is 12.9 Å². The van der Waals surface area contributed by atoms with Gasteiger partial charge in [0.15, 0.2) is 23.4 Å². The smallest absolute Gasteiger partial charge is 0.305 e. The molecule has 3 atom stereocenters. The van der Waals surface area contributed by atoms with Gasteiger partial charge >= 0.3 is 17.9 Å². The van der Waals surface area contributed by atoms with E-state index in [1.54, 1.807) is 4.90 Å². The minimum atomic E-state index is -1.45. The topological polar surface area (TPSA) is 130 Å². The maximum absolute atomic E-state index is 13.2.